The van der Waals surface area contributed by atoms with E-state index < -0.39 is 0 Å². The highest BCUT2D eigenvalue weighted by molar-refractivity contribution is 9.10. The van der Waals surface area contributed by atoms with Crippen molar-refractivity contribution < 1.29 is 4.79 Å². The Hall–Kier alpha value is -1.57. The summed E-state index contributed by atoms with van der Waals surface area (Å²) in [6.07, 6.45) is 0.273. The molecule has 0 unspecified atom stereocenters. The zero-order valence-electron chi connectivity index (χ0n) is 14.2. The van der Waals surface area contributed by atoms with Crippen LogP contribution in [0.3, 0.4) is 0 Å². The Kier molecular flexibility index (Phi) is 5.66. The molecule has 0 fully saturated rings. The van der Waals surface area contributed by atoms with Crippen molar-refractivity contribution in [1.82, 2.24) is 9.97 Å². The first-order chi connectivity index (χ1) is 11.9. The quantitative estimate of drug-likeness (QED) is 0.563. The molecular weight excluding hydrogens is 418 g/mol. The van der Waals surface area contributed by atoms with Gasteiger partial charge < -0.3 is 5.32 Å². The largest absolute Gasteiger partial charge is 0.302 e. The molecule has 1 aromatic carbocycles. The normalized spacial score (nSPS) is 11.1. The maximum Gasteiger partial charge on any atom is 0.232 e. The summed E-state index contributed by atoms with van der Waals surface area (Å²) in [6, 6.07) is 8.00. The summed E-state index contributed by atoms with van der Waals surface area (Å²) in [5.74, 6) is 0.300. The molecule has 2 heterocycles. The minimum absolute atomic E-state index is 0.0864. The van der Waals surface area contributed by atoms with Gasteiger partial charge in [-0.3, -0.25) is 4.79 Å². The summed E-state index contributed by atoms with van der Waals surface area (Å²) in [4.78, 5) is 22.4. The highest BCUT2D eigenvalue weighted by Gasteiger charge is 2.14. The molecule has 1 N–H and O–H groups in total. The van der Waals surface area contributed by atoms with Crippen LogP contribution in [0.1, 0.15) is 35.3 Å². The van der Waals surface area contributed by atoms with Crippen molar-refractivity contribution in [2.45, 2.75) is 33.1 Å². The number of hydrogen-bond acceptors (Lipinski definition) is 5. The lowest BCUT2D eigenvalue weighted by atomic mass is 10.1. The molecule has 0 aliphatic heterocycles. The van der Waals surface area contributed by atoms with E-state index in [2.05, 4.69) is 45.1 Å². The predicted molar refractivity (Wildman–Crippen MR) is 109 cm³/mol. The minimum atomic E-state index is -0.0864. The zero-order valence-corrected chi connectivity index (χ0v) is 17.4. The van der Waals surface area contributed by atoms with Crippen molar-refractivity contribution >= 4 is 49.6 Å². The molecule has 3 aromatic rings. The Bertz CT molecular complexity index is 884. The number of thiazole rings is 2. The van der Waals surface area contributed by atoms with E-state index in [1.54, 1.807) is 11.3 Å². The maximum absolute atomic E-state index is 12.3. The van der Waals surface area contributed by atoms with E-state index in [1.807, 2.05) is 36.6 Å². The van der Waals surface area contributed by atoms with Crippen molar-refractivity contribution in [3.63, 3.8) is 0 Å². The van der Waals surface area contributed by atoms with Crippen LogP contribution in [0, 0.1) is 6.92 Å². The third-order valence-electron chi connectivity index (χ3n) is 3.57. The molecule has 0 spiro atoms. The summed E-state index contributed by atoms with van der Waals surface area (Å²) in [6.45, 7) is 6.22. The Morgan fingerprint density at radius 3 is 2.60 bits per heavy atom. The fourth-order valence-electron chi connectivity index (χ4n) is 2.32. The van der Waals surface area contributed by atoms with E-state index in [0.29, 0.717) is 11.0 Å². The summed E-state index contributed by atoms with van der Waals surface area (Å²) in [5.41, 5.74) is 2.76. The van der Waals surface area contributed by atoms with Crippen LogP contribution in [0.5, 0.6) is 0 Å². The van der Waals surface area contributed by atoms with Crippen molar-refractivity contribution in [2.24, 2.45) is 0 Å². The SMILES string of the molecule is Cc1sc(NC(=O)Cc2csc(C(C)C)n2)nc1-c1ccc(Br)cc1. The fourth-order valence-corrected chi connectivity index (χ4v) is 4.27. The van der Waals surface area contributed by atoms with Crippen LogP contribution in [-0.2, 0) is 11.2 Å². The number of nitrogens with one attached hydrogen (secondary N) is 1. The van der Waals surface area contributed by atoms with Gasteiger partial charge in [-0.1, -0.05) is 41.9 Å². The van der Waals surface area contributed by atoms with E-state index in [4.69, 9.17) is 0 Å². The van der Waals surface area contributed by atoms with Crippen LogP contribution in [0.2, 0.25) is 0 Å². The van der Waals surface area contributed by atoms with Gasteiger partial charge in [-0.25, -0.2) is 9.97 Å². The lowest BCUT2D eigenvalue weighted by molar-refractivity contribution is -0.115. The second kappa shape index (κ2) is 7.76. The third-order valence-corrected chi connectivity index (χ3v) is 6.17. The van der Waals surface area contributed by atoms with Gasteiger partial charge in [0.2, 0.25) is 5.91 Å². The summed E-state index contributed by atoms with van der Waals surface area (Å²) in [7, 11) is 0. The molecule has 0 aliphatic rings. The third kappa shape index (κ3) is 4.54. The molecule has 4 nitrogen and oxygen atoms in total. The Labute approximate surface area is 163 Å². The van der Waals surface area contributed by atoms with Gasteiger partial charge in [-0.05, 0) is 19.1 Å². The predicted octanol–water partition coefficient (Wildman–Crippen LogP) is 5.64. The number of amides is 1. The number of nitrogens with zero attached hydrogens (tertiary/aromatic N) is 2. The fraction of sp³-hybridized carbons (Fsp3) is 0.278. The lowest BCUT2D eigenvalue weighted by Gasteiger charge is -2.00. The molecule has 7 heteroatoms. The molecule has 1 amide bonds. The van der Waals surface area contributed by atoms with Crippen LogP contribution in [-0.4, -0.2) is 15.9 Å². The standard InChI is InChI=1S/C18H18BrN3OS2/c1-10(2)17-20-14(9-24-17)8-15(23)21-18-22-16(11(3)25-18)12-4-6-13(19)7-5-12/h4-7,9-10H,8H2,1-3H3,(H,21,22,23). The molecule has 0 radical (unpaired) electrons. The molecule has 0 saturated carbocycles. The number of aryl methyl sites for hydroxylation is 1. The first-order valence-electron chi connectivity index (χ1n) is 7.90. The number of benzene rings is 1. The molecule has 0 saturated heterocycles. The van der Waals surface area contributed by atoms with Crippen molar-refractivity contribution in [2.75, 3.05) is 5.32 Å². The summed E-state index contributed by atoms with van der Waals surface area (Å²) >= 11 is 6.53. The van der Waals surface area contributed by atoms with E-state index in [1.165, 1.54) is 11.3 Å². The van der Waals surface area contributed by atoms with E-state index in [0.717, 1.165) is 31.3 Å². The van der Waals surface area contributed by atoms with E-state index in [9.17, 15) is 4.79 Å². The molecule has 0 aliphatic carbocycles. The van der Waals surface area contributed by atoms with Gasteiger partial charge in [0.05, 0.1) is 22.8 Å². The highest BCUT2D eigenvalue weighted by Crippen LogP contribution is 2.31. The van der Waals surface area contributed by atoms with Gasteiger partial charge in [0.15, 0.2) is 5.13 Å². The number of halogens is 1. The second-order valence-electron chi connectivity index (χ2n) is 5.99. The number of hydrogen-bond donors (Lipinski definition) is 1. The maximum atomic E-state index is 12.3. The number of carbonyl (C=O) groups is 1. The van der Waals surface area contributed by atoms with Gasteiger partial charge in [-0.15, -0.1) is 22.7 Å². The monoisotopic (exact) mass is 435 g/mol. The van der Waals surface area contributed by atoms with Gasteiger partial charge in [-0.2, -0.15) is 0 Å². The first kappa shape index (κ1) is 18.2. The van der Waals surface area contributed by atoms with Gasteiger partial charge >= 0.3 is 0 Å². The van der Waals surface area contributed by atoms with Crippen LogP contribution >= 0.6 is 38.6 Å². The number of aromatic nitrogens is 2. The second-order valence-corrected chi connectivity index (χ2v) is 9.00. The lowest BCUT2D eigenvalue weighted by Crippen LogP contribution is -2.14. The van der Waals surface area contributed by atoms with Crippen LogP contribution in [0.15, 0.2) is 34.1 Å². The highest BCUT2D eigenvalue weighted by atomic mass is 79.9. The van der Waals surface area contributed by atoms with Crippen molar-refractivity contribution in [3.05, 3.63) is 49.7 Å². The van der Waals surface area contributed by atoms with Crippen LogP contribution < -0.4 is 5.32 Å². The average Bonchev–Trinajstić information content (AvgIpc) is 3.15. The Balaban J connectivity index is 1.69. The Morgan fingerprint density at radius 2 is 1.96 bits per heavy atom. The van der Waals surface area contributed by atoms with Gasteiger partial charge in [0.1, 0.15) is 0 Å². The Morgan fingerprint density at radius 1 is 1.24 bits per heavy atom. The van der Waals surface area contributed by atoms with Gasteiger partial charge in [0, 0.05) is 26.2 Å². The number of carbonyl (C=O) groups excluding carboxylic acids is 1. The molecule has 25 heavy (non-hydrogen) atoms. The van der Waals surface area contributed by atoms with E-state index in [-0.39, 0.29) is 12.3 Å². The van der Waals surface area contributed by atoms with E-state index >= 15 is 0 Å². The average molecular weight is 436 g/mol. The first-order valence-corrected chi connectivity index (χ1v) is 10.4. The number of anilines is 1. The summed E-state index contributed by atoms with van der Waals surface area (Å²) in [5, 5.41) is 6.53. The molecule has 3 rings (SSSR count). The molecule has 130 valence electrons. The van der Waals surface area contributed by atoms with Crippen molar-refractivity contribution in [1.29, 1.82) is 0 Å². The van der Waals surface area contributed by atoms with Crippen molar-refractivity contribution in [3.8, 4) is 11.3 Å². The van der Waals surface area contributed by atoms with Crippen LogP contribution in [0.25, 0.3) is 11.3 Å². The zero-order chi connectivity index (χ0) is 18.0. The van der Waals surface area contributed by atoms with Gasteiger partial charge in [0.25, 0.3) is 0 Å². The molecular formula is C18H18BrN3OS2. The molecule has 2 aromatic heterocycles. The van der Waals surface area contributed by atoms with Crippen LogP contribution in [0.4, 0.5) is 5.13 Å². The number of rotatable bonds is 5. The molecule has 0 bridgehead atoms. The summed E-state index contributed by atoms with van der Waals surface area (Å²) < 4.78 is 1.03. The minimum Gasteiger partial charge on any atom is -0.302 e. The molecule has 0 atom stereocenters. The smallest absolute Gasteiger partial charge is 0.232 e. The topological polar surface area (TPSA) is 54.9 Å².